The molecule has 1 spiro atoms. The average Bonchev–Trinajstić information content (AvgIpc) is 3.48. The van der Waals surface area contributed by atoms with Crippen molar-refractivity contribution in [1.29, 1.82) is 5.26 Å². The van der Waals surface area contributed by atoms with Crippen molar-refractivity contribution in [2.24, 2.45) is 16.6 Å². The maximum absolute atomic E-state index is 15.0. The van der Waals surface area contributed by atoms with Crippen molar-refractivity contribution in [3.63, 3.8) is 0 Å². The van der Waals surface area contributed by atoms with Gasteiger partial charge in [-0.3, -0.25) is 9.98 Å². The highest BCUT2D eigenvalue weighted by Crippen LogP contribution is 2.69. The van der Waals surface area contributed by atoms with Gasteiger partial charge in [0.1, 0.15) is 17.4 Å². The maximum Gasteiger partial charge on any atom is 0.156 e. The number of thioether (sulfide) groups is 1. The zero-order valence-corrected chi connectivity index (χ0v) is 18.0. The minimum Gasteiger partial charge on any atom is -0.383 e. The van der Waals surface area contributed by atoms with Gasteiger partial charge >= 0.3 is 0 Å². The normalized spacial score (nSPS) is 27.2. The summed E-state index contributed by atoms with van der Waals surface area (Å²) in [7, 11) is 1.69. The van der Waals surface area contributed by atoms with Gasteiger partial charge in [0.2, 0.25) is 0 Å². The van der Waals surface area contributed by atoms with E-state index in [0.717, 1.165) is 17.4 Å². The number of hydrogen-bond donors (Lipinski definition) is 2. The molecule has 32 heavy (non-hydrogen) atoms. The summed E-state index contributed by atoms with van der Waals surface area (Å²) in [6.45, 7) is 0.604. The fourth-order valence-electron chi connectivity index (χ4n) is 5.23. The molecule has 6 rings (SSSR count). The zero-order valence-electron chi connectivity index (χ0n) is 17.2. The van der Waals surface area contributed by atoms with Gasteiger partial charge in [-0.2, -0.15) is 5.26 Å². The third-order valence-corrected chi connectivity index (χ3v) is 7.98. The smallest absolute Gasteiger partial charge is 0.156 e. The summed E-state index contributed by atoms with van der Waals surface area (Å²) < 4.78 is 20.4. The van der Waals surface area contributed by atoms with Crippen LogP contribution in [0, 0.1) is 23.1 Å². The second kappa shape index (κ2) is 6.64. The van der Waals surface area contributed by atoms with Crippen LogP contribution in [0.1, 0.15) is 23.1 Å². The quantitative estimate of drug-likeness (QED) is 0.630. The Labute approximate surface area is 187 Å². The van der Waals surface area contributed by atoms with Gasteiger partial charge in [-0.25, -0.2) is 9.37 Å². The van der Waals surface area contributed by atoms with E-state index < -0.39 is 5.54 Å². The molecule has 0 unspecified atom stereocenters. The Hall–Kier alpha value is -3.22. The number of anilines is 2. The van der Waals surface area contributed by atoms with Gasteiger partial charge < -0.3 is 15.8 Å². The van der Waals surface area contributed by atoms with E-state index in [2.05, 4.69) is 21.4 Å². The van der Waals surface area contributed by atoms with Crippen molar-refractivity contribution in [2.45, 2.75) is 23.1 Å². The molecule has 2 aromatic heterocycles. The van der Waals surface area contributed by atoms with Gasteiger partial charge in [0.15, 0.2) is 11.0 Å². The van der Waals surface area contributed by atoms with E-state index in [1.807, 2.05) is 6.07 Å². The molecule has 1 aromatic carbocycles. The van der Waals surface area contributed by atoms with Gasteiger partial charge in [-0.1, -0.05) is 11.8 Å². The number of halogens is 1. The molecule has 7 nitrogen and oxygen atoms in total. The molecule has 3 heterocycles. The van der Waals surface area contributed by atoms with E-state index in [9.17, 15) is 0 Å². The molecule has 1 saturated carbocycles. The predicted octanol–water partition coefficient (Wildman–Crippen LogP) is 3.60. The highest BCUT2D eigenvalue weighted by Gasteiger charge is 2.70. The number of fused-ring (bicyclic) bond motifs is 5. The van der Waals surface area contributed by atoms with Crippen molar-refractivity contribution in [3.05, 3.63) is 59.2 Å². The SMILES string of the molecule is COC[C@]12C[C@H]1[C@]1(Cc3c(F)cc(Nc4nccc5cc(C#N)cnc45)cc31)N=C(N)S2. The molecule has 1 aliphatic heterocycles. The van der Waals surface area contributed by atoms with Crippen LogP contribution < -0.4 is 11.1 Å². The van der Waals surface area contributed by atoms with Crippen molar-refractivity contribution in [1.82, 2.24) is 9.97 Å². The highest BCUT2D eigenvalue weighted by molar-refractivity contribution is 8.15. The fourth-order valence-corrected chi connectivity index (χ4v) is 6.62. The number of aliphatic imine (C=N–C) groups is 1. The molecule has 160 valence electrons. The van der Waals surface area contributed by atoms with E-state index in [0.29, 0.717) is 46.3 Å². The minimum absolute atomic E-state index is 0.0717. The Kier molecular flexibility index (Phi) is 4.04. The molecule has 3 aliphatic rings. The van der Waals surface area contributed by atoms with E-state index in [-0.39, 0.29) is 16.5 Å². The number of nitrogens with two attached hydrogens (primary N) is 1. The second-order valence-electron chi connectivity index (χ2n) is 8.58. The van der Waals surface area contributed by atoms with Crippen LogP contribution in [0.15, 0.2) is 41.7 Å². The molecule has 2 aliphatic carbocycles. The Morgan fingerprint density at radius 3 is 3.06 bits per heavy atom. The fraction of sp³-hybridized carbons (Fsp3) is 0.304. The van der Waals surface area contributed by atoms with Gasteiger partial charge in [-0.05, 0) is 41.8 Å². The lowest BCUT2D eigenvalue weighted by atomic mass is 9.67. The summed E-state index contributed by atoms with van der Waals surface area (Å²) >= 11 is 1.58. The number of methoxy groups -OCH3 is 1. The second-order valence-corrected chi connectivity index (χ2v) is 10.0. The molecular formula is C23H19FN6OS. The van der Waals surface area contributed by atoms with E-state index in [1.54, 1.807) is 37.2 Å². The van der Waals surface area contributed by atoms with E-state index in [1.165, 1.54) is 12.3 Å². The molecule has 3 atom stereocenters. The maximum atomic E-state index is 15.0. The Morgan fingerprint density at radius 1 is 1.38 bits per heavy atom. The number of nitrogens with one attached hydrogen (secondary N) is 1. The van der Waals surface area contributed by atoms with Gasteiger partial charge in [0.25, 0.3) is 0 Å². The third-order valence-electron chi connectivity index (χ3n) is 6.71. The van der Waals surface area contributed by atoms with Crippen LogP contribution in [0.4, 0.5) is 15.9 Å². The number of pyridine rings is 2. The van der Waals surface area contributed by atoms with Gasteiger partial charge in [0, 0.05) is 42.9 Å². The third kappa shape index (κ3) is 2.66. The first-order valence-corrected chi connectivity index (χ1v) is 11.1. The summed E-state index contributed by atoms with van der Waals surface area (Å²) in [5.41, 5.74) is 8.95. The molecule has 3 N–H and O–H groups in total. The monoisotopic (exact) mass is 446 g/mol. The van der Waals surface area contributed by atoms with Crippen LogP contribution >= 0.6 is 11.8 Å². The lowest BCUT2D eigenvalue weighted by Crippen LogP contribution is -2.47. The number of benzene rings is 1. The summed E-state index contributed by atoms with van der Waals surface area (Å²) in [5.74, 6) is 0.513. The zero-order chi connectivity index (χ0) is 22.1. The first-order valence-electron chi connectivity index (χ1n) is 10.3. The predicted molar refractivity (Wildman–Crippen MR) is 121 cm³/mol. The largest absolute Gasteiger partial charge is 0.383 e. The van der Waals surface area contributed by atoms with Crippen molar-refractivity contribution in [3.8, 4) is 6.07 Å². The number of rotatable bonds is 4. The average molecular weight is 447 g/mol. The lowest BCUT2D eigenvalue weighted by Gasteiger charge is -2.45. The summed E-state index contributed by atoms with van der Waals surface area (Å²) in [6.07, 6.45) is 4.64. The van der Waals surface area contributed by atoms with Crippen LogP contribution in [-0.4, -0.2) is 33.6 Å². The molecule has 0 saturated heterocycles. The Morgan fingerprint density at radius 2 is 2.25 bits per heavy atom. The highest BCUT2D eigenvalue weighted by atomic mass is 32.2. The summed E-state index contributed by atoms with van der Waals surface area (Å²) in [5, 5.41) is 13.7. The lowest BCUT2D eigenvalue weighted by molar-refractivity contribution is 0.179. The van der Waals surface area contributed by atoms with Crippen molar-refractivity contribution >= 4 is 39.3 Å². The number of nitrogens with zero attached hydrogens (tertiary/aromatic N) is 4. The summed E-state index contributed by atoms with van der Waals surface area (Å²) in [6, 6.07) is 9.07. The minimum atomic E-state index is -0.492. The van der Waals surface area contributed by atoms with Crippen molar-refractivity contribution < 1.29 is 9.13 Å². The number of ether oxygens (including phenoxy) is 1. The standard InChI is InChI=1S/C23H19FN6OS/c1-31-11-22-8-18(22)23(30-21(26)32-22)7-15-16(23)5-14(6-17(15)24)29-20-19-13(2-3-27-20)4-12(9-25)10-28-19/h2-6,10,18H,7-8,11H2,1H3,(H2,26,30)(H,27,29)/t18-,22-,23-/m1/s1. The Bertz CT molecular complexity index is 1370. The number of aromatic nitrogens is 2. The number of amidine groups is 1. The van der Waals surface area contributed by atoms with Crippen LogP contribution in [0.25, 0.3) is 10.9 Å². The number of hydrogen-bond acceptors (Lipinski definition) is 8. The van der Waals surface area contributed by atoms with E-state index >= 15 is 4.39 Å². The first kappa shape index (κ1) is 19.5. The van der Waals surface area contributed by atoms with E-state index in [4.69, 9.17) is 20.7 Å². The molecule has 1 fully saturated rings. The molecular weight excluding hydrogens is 427 g/mol. The number of nitriles is 1. The van der Waals surface area contributed by atoms with Crippen LogP contribution in [0.5, 0.6) is 0 Å². The molecule has 0 bridgehead atoms. The van der Waals surface area contributed by atoms with Gasteiger partial charge in [-0.15, -0.1) is 0 Å². The van der Waals surface area contributed by atoms with Crippen LogP contribution in [0.3, 0.4) is 0 Å². The van der Waals surface area contributed by atoms with Crippen LogP contribution in [-0.2, 0) is 16.7 Å². The topological polar surface area (TPSA) is 109 Å². The molecule has 9 heteroatoms. The molecule has 3 aromatic rings. The van der Waals surface area contributed by atoms with Crippen LogP contribution in [0.2, 0.25) is 0 Å². The molecule has 0 amide bonds. The first-order chi connectivity index (χ1) is 15.5. The van der Waals surface area contributed by atoms with Crippen molar-refractivity contribution in [2.75, 3.05) is 19.0 Å². The Balaban J connectivity index is 1.39. The van der Waals surface area contributed by atoms with Gasteiger partial charge in [0.05, 0.1) is 22.5 Å². The summed E-state index contributed by atoms with van der Waals surface area (Å²) in [4.78, 5) is 13.6. The molecule has 0 radical (unpaired) electrons.